The Balaban J connectivity index is 1.62. The summed E-state index contributed by atoms with van der Waals surface area (Å²) in [5, 5.41) is 7.29. The van der Waals surface area contributed by atoms with Gasteiger partial charge in [0.15, 0.2) is 0 Å². The molecule has 128 valence electrons. The van der Waals surface area contributed by atoms with Crippen molar-refractivity contribution in [1.82, 2.24) is 14.7 Å². The maximum absolute atomic E-state index is 12.4. The lowest BCUT2D eigenvalue weighted by atomic mass is 10.1. The second-order valence-corrected chi connectivity index (χ2v) is 6.01. The second-order valence-electron chi connectivity index (χ2n) is 6.01. The van der Waals surface area contributed by atoms with Crippen molar-refractivity contribution in [2.24, 2.45) is 0 Å². The van der Waals surface area contributed by atoms with Crippen LogP contribution in [0.15, 0.2) is 36.5 Å². The summed E-state index contributed by atoms with van der Waals surface area (Å²) in [6, 6.07) is 9.63. The first-order valence-corrected chi connectivity index (χ1v) is 8.46. The van der Waals surface area contributed by atoms with Crippen LogP contribution in [-0.4, -0.2) is 46.5 Å². The largest absolute Gasteiger partial charge is 0.378 e. The SMILES string of the molecule is CCOC1CCN(C(=O)Nc2cccc(-n3nccc3C)c2)CC1. The highest BCUT2D eigenvalue weighted by Gasteiger charge is 2.22. The third-order valence-electron chi connectivity index (χ3n) is 4.31. The molecule has 1 N–H and O–H groups in total. The van der Waals surface area contributed by atoms with Crippen molar-refractivity contribution in [3.8, 4) is 5.69 Å². The molecule has 2 aromatic rings. The molecule has 0 bridgehead atoms. The molecule has 6 heteroatoms. The highest BCUT2D eigenvalue weighted by Crippen LogP contribution is 2.18. The van der Waals surface area contributed by atoms with E-state index in [1.807, 2.05) is 53.8 Å². The highest BCUT2D eigenvalue weighted by atomic mass is 16.5. The average molecular weight is 328 g/mol. The minimum absolute atomic E-state index is 0.0562. The Labute approximate surface area is 142 Å². The van der Waals surface area contributed by atoms with Crippen molar-refractivity contribution in [2.75, 3.05) is 25.0 Å². The van der Waals surface area contributed by atoms with Crippen LogP contribution >= 0.6 is 0 Å². The number of aromatic nitrogens is 2. The molecular weight excluding hydrogens is 304 g/mol. The number of likely N-dealkylation sites (tertiary alicyclic amines) is 1. The third-order valence-corrected chi connectivity index (χ3v) is 4.31. The van der Waals surface area contributed by atoms with E-state index in [4.69, 9.17) is 4.74 Å². The number of ether oxygens (including phenoxy) is 1. The van der Waals surface area contributed by atoms with Gasteiger partial charge in [-0.2, -0.15) is 5.10 Å². The first-order chi connectivity index (χ1) is 11.7. The first kappa shape index (κ1) is 16.5. The highest BCUT2D eigenvalue weighted by molar-refractivity contribution is 5.89. The monoisotopic (exact) mass is 328 g/mol. The first-order valence-electron chi connectivity index (χ1n) is 8.46. The Hall–Kier alpha value is -2.34. The van der Waals surface area contributed by atoms with Crippen LogP contribution < -0.4 is 5.32 Å². The molecule has 1 aromatic carbocycles. The van der Waals surface area contributed by atoms with Gasteiger partial charge in [-0.3, -0.25) is 0 Å². The van der Waals surface area contributed by atoms with Gasteiger partial charge in [0.2, 0.25) is 0 Å². The zero-order valence-corrected chi connectivity index (χ0v) is 14.2. The summed E-state index contributed by atoms with van der Waals surface area (Å²) in [6.45, 7) is 6.20. The lowest BCUT2D eigenvalue weighted by Crippen LogP contribution is -2.43. The maximum Gasteiger partial charge on any atom is 0.321 e. The van der Waals surface area contributed by atoms with E-state index in [9.17, 15) is 4.79 Å². The zero-order chi connectivity index (χ0) is 16.9. The van der Waals surface area contributed by atoms with Crippen LogP contribution in [0.3, 0.4) is 0 Å². The van der Waals surface area contributed by atoms with E-state index in [-0.39, 0.29) is 12.1 Å². The summed E-state index contributed by atoms with van der Waals surface area (Å²) in [5.41, 5.74) is 2.76. The van der Waals surface area contributed by atoms with Crippen molar-refractivity contribution in [3.05, 3.63) is 42.2 Å². The van der Waals surface area contributed by atoms with Crippen LogP contribution in [0.5, 0.6) is 0 Å². The topological polar surface area (TPSA) is 59.4 Å². The second kappa shape index (κ2) is 7.49. The Morgan fingerprint density at radius 2 is 2.12 bits per heavy atom. The summed E-state index contributed by atoms with van der Waals surface area (Å²) >= 11 is 0. The molecular formula is C18H24N4O2. The van der Waals surface area contributed by atoms with E-state index in [2.05, 4.69) is 10.4 Å². The molecule has 0 radical (unpaired) electrons. The molecule has 1 aliphatic heterocycles. The molecule has 0 saturated carbocycles. The number of aryl methyl sites for hydroxylation is 1. The number of urea groups is 1. The van der Waals surface area contributed by atoms with E-state index < -0.39 is 0 Å². The molecule has 1 fully saturated rings. The average Bonchev–Trinajstić information content (AvgIpc) is 3.02. The Kier molecular flexibility index (Phi) is 5.15. The van der Waals surface area contributed by atoms with Crippen molar-refractivity contribution in [1.29, 1.82) is 0 Å². The van der Waals surface area contributed by atoms with Gasteiger partial charge in [-0.15, -0.1) is 0 Å². The quantitative estimate of drug-likeness (QED) is 0.937. The van der Waals surface area contributed by atoms with Gasteiger partial charge in [-0.05, 0) is 51.0 Å². The van der Waals surface area contributed by atoms with Gasteiger partial charge >= 0.3 is 6.03 Å². The molecule has 3 rings (SSSR count). The van der Waals surface area contributed by atoms with Crippen LogP contribution in [0.2, 0.25) is 0 Å². The summed E-state index contributed by atoms with van der Waals surface area (Å²) in [5.74, 6) is 0. The van der Waals surface area contributed by atoms with Crippen LogP contribution in [0.4, 0.5) is 10.5 Å². The number of benzene rings is 1. The number of carbonyl (C=O) groups is 1. The number of carbonyl (C=O) groups excluding carboxylic acids is 1. The fraction of sp³-hybridized carbons (Fsp3) is 0.444. The Morgan fingerprint density at radius 1 is 1.33 bits per heavy atom. The van der Waals surface area contributed by atoms with Crippen molar-refractivity contribution in [3.63, 3.8) is 0 Å². The summed E-state index contributed by atoms with van der Waals surface area (Å²) < 4.78 is 7.48. The number of rotatable bonds is 4. The van der Waals surface area contributed by atoms with E-state index >= 15 is 0 Å². The van der Waals surface area contributed by atoms with Gasteiger partial charge < -0.3 is 15.0 Å². The predicted molar refractivity (Wildman–Crippen MR) is 93.5 cm³/mol. The van der Waals surface area contributed by atoms with Gasteiger partial charge in [-0.1, -0.05) is 6.07 Å². The lowest BCUT2D eigenvalue weighted by Gasteiger charge is -2.31. The Bertz CT molecular complexity index is 690. The fourth-order valence-electron chi connectivity index (χ4n) is 3.02. The van der Waals surface area contributed by atoms with E-state index in [0.29, 0.717) is 0 Å². The summed E-state index contributed by atoms with van der Waals surface area (Å²) in [4.78, 5) is 14.3. The number of amides is 2. The van der Waals surface area contributed by atoms with Gasteiger partial charge in [0, 0.05) is 37.3 Å². The number of anilines is 1. The number of nitrogens with one attached hydrogen (secondary N) is 1. The van der Waals surface area contributed by atoms with Crippen LogP contribution in [0, 0.1) is 6.92 Å². The van der Waals surface area contributed by atoms with Gasteiger partial charge in [0.25, 0.3) is 0 Å². The number of hydrogen-bond donors (Lipinski definition) is 1. The van der Waals surface area contributed by atoms with Gasteiger partial charge in [0.1, 0.15) is 0 Å². The van der Waals surface area contributed by atoms with Crippen LogP contribution in [0.25, 0.3) is 5.69 Å². The van der Waals surface area contributed by atoms with Crippen LogP contribution in [0.1, 0.15) is 25.5 Å². The molecule has 0 spiro atoms. The third kappa shape index (κ3) is 3.76. The number of piperidine rings is 1. The maximum atomic E-state index is 12.4. The van der Waals surface area contributed by atoms with Gasteiger partial charge in [-0.25, -0.2) is 9.48 Å². The Morgan fingerprint density at radius 3 is 2.79 bits per heavy atom. The van der Waals surface area contributed by atoms with E-state index in [1.54, 1.807) is 6.20 Å². The van der Waals surface area contributed by atoms with Gasteiger partial charge in [0.05, 0.1) is 11.8 Å². The molecule has 24 heavy (non-hydrogen) atoms. The standard InChI is InChI=1S/C18H24N4O2/c1-3-24-17-8-11-21(12-9-17)18(23)20-15-5-4-6-16(13-15)22-14(2)7-10-19-22/h4-7,10,13,17H,3,8-9,11-12H2,1-2H3,(H,20,23). The van der Waals surface area contributed by atoms with E-state index in [1.165, 1.54) is 0 Å². The van der Waals surface area contributed by atoms with Crippen molar-refractivity contribution in [2.45, 2.75) is 32.8 Å². The lowest BCUT2D eigenvalue weighted by molar-refractivity contribution is 0.0232. The molecule has 1 aromatic heterocycles. The molecule has 0 atom stereocenters. The molecule has 0 aliphatic carbocycles. The molecule has 2 amide bonds. The molecule has 0 unspecified atom stereocenters. The number of hydrogen-bond acceptors (Lipinski definition) is 3. The summed E-state index contributed by atoms with van der Waals surface area (Å²) in [6.07, 6.45) is 3.84. The summed E-state index contributed by atoms with van der Waals surface area (Å²) in [7, 11) is 0. The molecule has 1 saturated heterocycles. The molecule has 2 heterocycles. The van der Waals surface area contributed by atoms with Crippen molar-refractivity contribution < 1.29 is 9.53 Å². The van der Waals surface area contributed by atoms with Crippen LogP contribution in [-0.2, 0) is 4.74 Å². The predicted octanol–water partition coefficient (Wildman–Crippen LogP) is 3.21. The molecule has 1 aliphatic rings. The smallest absolute Gasteiger partial charge is 0.321 e. The fourth-order valence-corrected chi connectivity index (χ4v) is 3.02. The minimum atomic E-state index is -0.0562. The zero-order valence-electron chi connectivity index (χ0n) is 14.2. The normalized spacial score (nSPS) is 15.5. The minimum Gasteiger partial charge on any atom is -0.378 e. The van der Waals surface area contributed by atoms with Crippen molar-refractivity contribution >= 4 is 11.7 Å². The molecule has 6 nitrogen and oxygen atoms in total. The number of nitrogens with zero attached hydrogens (tertiary/aromatic N) is 3. The van der Waals surface area contributed by atoms with E-state index in [0.717, 1.165) is 49.6 Å².